The standard InChI is InChI=1S/C25H23ClN2O6/c26-20-4-1-2-5-21(20)34-19-9-7-18(8-10-19)27-23(29)16-33-25(31)17-11-13-28(14-12-17)24(30)22-6-3-15-32-22/h1-10,15,17H,11-14,16H2,(H,27,29). The van der Waals surface area contributed by atoms with Gasteiger partial charge >= 0.3 is 5.97 Å². The number of carbonyl (C=O) groups is 3. The number of anilines is 1. The molecule has 0 atom stereocenters. The second kappa shape index (κ2) is 10.9. The fourth-order valence-electron chi connectivity index (χ4n) is 3.59. The van der Waals surface area contributed by atoms with Crippen molar-refractivity contribution in [3.8, 4) is 11.5 Å². The molecule has 176 valence electrons. The smallest absolute Gasteiger partial charge is 0.309 e. The first-order valence-electron chi connectivity index (χ1n) is 10.8. The molecule has 1 saturated heterocycles. The molecule has 2 aromatic carbocycles. The molecule has 2 amide bonds. The maximum absolute atomic E-state index is 12.4. The highest BCUT2D eigenvalue weighted by Gasteiger charge is 2.30. The molecule has 1 aromatic heterocycles. The number of hydrogen-bond donors (Lipinski definition) is 1. The summed E-state index contributed by atoms with van der Waals surface area (Å²) >= 11 is 6.09. The van der Waals surface area contributed by atoms with Crippen LogP contribution in [0.3, 0.4) is 0 Å². The number of halogens is 1. The van der Waals surface area contributed by atoms with E-state index in [0.29, 0.717) is 48.1 Å². The number of esters is 1. The average Bonchev–Trinajstić information content (AvgIpc) is 3.40. The van der Waals surface area contributed by atoms with Gasteiger partial charge in [0.25, 0.3) is 11.8 Å². The van der Waals surface area contributed by atoms with Crippen molar-refractivity contribution in [2.75, 3.05) is 25.0 Å². The predicted molar refractivity (Wildman–Crippen MR) is 125 cm³/mol. The molecule has 1 aliphatic rings. The van der Waals surface area contributed by atoms with Crippen LogP contribution in [-0.2, 0) is 14.3 Å². The van der Waals surface area contributed by atoms with E-state index in [9.17, 15) is 14.4 Å². The van der Waals surface area contributed by atoms with E-state index in [2.05, 4.69) is 5.32 Å². The van der Waals surface area contributed by atoms with Crippen molar-refractivity contribution in [2.45, 2.75) is 12.8 Å². The van der Waals surface area contributed by atoms with E-state index in [4.69, 9.17) is 25.5 Å². The number of piperidine rings is 1. The summed E-state index contributed by atoms with van der Waals surface area (Å²) in [7, 11) is 0. The lowest BCUT2D eigenvalue weighted by atomic mass is 9.97. The summed E-state index contributed by atoms with van der Waals surface area (Å²) in [4.78, 5) is 38.5. The average molecular weight is 483 g/mol. The molecule has 1 N–H and O–H groups in total. The van der Waals surface area contributed by atoms with Crippen molar-refractivity contribution in [1.29, 1.82) is 0 Å². The maximum Gasteiger partial charge on any atom is 0.309 e. The Morgan fingerprint density at radius 1 is 1.00 bits per heavy atom. The molecule has 0 bridgehead atoms. The number of carbonyl (C=O) groups excluding carboxylic acids is 3. The van der Waals surface area contributed by atoms with E-state index in [1.807, 2.05) is 12.1 Å². The van der Waals surface area contributed by atoms with E-state index >= 15 is 0 Å². The Bertz CT molecular complexity index is 1140. The first-order chi connectivity index (χ1) is 16.5. The maximum atomic E-state index is 12.4. The highest BCUT2D eigenvalue weighted by molar-refractivity contribution is 6.32. The van der Waals surface area contributed by atoms with Crippen molar-refractivity contribution in [1.82, 2.24) is 4.90 Å². The van der Waals surface area contributed by atoms with Crippen LogP contribution >= 0.6 is 11.6 Å². The van der Waals surface area contributed by atoms with Gasteiger partial charge in [-0.2, -0.15) is 0 Å². The van der Waals surface area contributed by atoms with Crippen molar-refractivity contribution in [3.63, 3.8) is 0 Å². The SMILES string of the molecule is O=C(COC(=O)C1CCN(C(=O)c2ccco2)CC1)Nc1ccc(Oc2ccccc2Cl)cc1. The second-order valence-electron chi connectivity index (χ2n) is 7.76. The molecule has 8 nitrogen and oxygen atoms in total. The highest BCUT2D eigenvalue weighted by atomic mass is 35.5. The lowest BCUT2D eigenvalue weighted by molar-refractivity contribution is -0.152. The number of furan rings is 1. The van der Waals surface area contributed by atoms with E-state index < -0.39 is 11.9 Å². The minimum atomic E-state index is -0.446. The molecule has 9 heteroatoms. The van der Waals surface area contributed by atoms with Gasteiger partial charge in [0.15, 0.2) is 12.4 Å². The molecular weight excluding hydrogens is 460 g/mol. The highest BCUT2D eigenvalue weighted by Crippen LogP contribution is 2.29. The molecule has 3 aromatic rings. The quantitative estimate of drug-likeness (QED) is 0.487. The van der Waals surface area contributed by atoms with Gasteiger partial charge in [-0.15, -0.1) is 0 Å². The minimum Gasteiger partial charge on any atom is -0.459 e. The fourth-order valence-corrected chi connectivity index (χ4v) is 3.76. The number of benzene rings is 2. The number of ether oxygens (including phenoxy) is 2. The van der Waals surface area contributed by atoms with Gasteiger partial charge in [0.05, 0.1) is 17.2 Å². The van der Waals surface area contributed by atoms with Crippen LogP contribution in [0.5, 0.6) is 11.5 Å². The van der Waals surface area contributed by atoms with E-state index in [0.717, 1.165) is 0 Å². The molecule has 0 radical (unpaired) electrons. The summed E-state index contributed by atoms with van der Waals surface area (Å²) < 4.78 is 16.0. The molecule has 0 unspecified atom stereocenters. The van der Waals surface area contributed by atoms with Crippen molar-refractivity contribution in [3.05, 3.63) is 77.7 Å². The minimum absolute atomic E-state index is 0.195. The molecule has 1 aliphatic heterocycles. The fraction of sp³-hybridized carbons (Fsp3) is 0.240. The number of rotatable bonds is 7. The van der Waals surface area contributed by atoms with Gasteiger partial charge in [0, 0.05) is 18.8 Å². The van der Waals surface area contributed by atoms with Crippen LogP contribution in [0.1, 0.15) is 23.4 Å². The number of amides is 2. The zero-order valence-electron chi connectivity index (χ0n) is 18.2. The molecule has 4 rings (SSSR count). The van der Waals surface area contributed by atoms with Crippen molar-refractivity contribution < 1.29 is 28.3 Å². The van der Waals surface area contributed by atoms with Gasteiger partial charge in [0.2, 0.25) is 0 Å². The van der Waals surface area contributed by atoms with Gasteiger partial charge in [-0.3, -0.25) is 14.4 Å². The molecule has 0 saturated carbocycles. The van der Waals surface area contributed by atoms with Crippen molar-refractivity contribution in [2.24, 2.45) is 5.92 Å². The van der Waals surface area contributed by atoms with Crippen LogP contribution in [0, 0.1) is 5.92 Å². The van der Waals surface area contributed by atoms with Crippen LogP contribution < -0.4 is 10.1 Å². The molecular formula is C25H23ClN2O6. The lowest BCUT2D eigenvalue weighted by Gasteiger charge is -2.30. The zero-order valence-corrected chi connectivity index (χ0v) is 19.0. The van der Waals surface area contributed by atoms with E-state index in [-0.39, 0.29) is 24.2 Å². The Morgan fingerprint density at radius 3 is 2.41 bits per heavy atom. The Kier molecular flexibility index (Phi) is 7.49. The van der Waals surface area contributed by atoms with Gasteiger partial charge < -0.3 is 24.1 Å². The Balaban J connectivity index is 1.19. The Morgan fingerprint density at radius 2 is 1.74 bits per heavy atom. The largest absolute Gasteiger partial charge is 0.459 e. The Hall–Kier alpha value is -3.78. The summed E-state index contributed by atoms with van der Waals surface area (Å²) in [6.45, 7) is 0.463. The van der Waals surface area contributed by atoms with Crippen LogP contribution in [0.15, 0.2) is 71.3 Å². The molecule has 0 spiro atoms. The van der Waals surface area contributed by atoms with Crippen LogP contribution in [0.25, 0.3) is 0 Å². The van der Waals surface area contributed by atoms with Crippen LogP contribution in [0.4, 0.5) is 5.69 Å². The number of likely N-dealkylation sites (tertiary alicyclic amines) is 1. The molecule has 2 heterocycles. The van der Waals surface area contributed by atoms with Gasteiger partial charge in [-0.25, -0.2) is 0 Å². The summed E-state index contributed by atoms with van der Waals surface area (Å²) in [5.41, 5.74) is 0.539. The number of nitrogens with zero attached hydrogens (tertiary/aromatic N) is 1. The summed E-state index contributed by atoms with van der Waals surface area (Å²) in [5.74, 6) is -0.0592. The number of para-hydroxylation sites is 1. The number of nitrogens with one attached hydrogen (secondary N) is 1. The van der Waals surface area contributed by atoms with Gasteiger partial charge in [0.1, 0.15) is 11.5 Å². The second-order valence-corrected chi connectivity index (χ2v) is 8.16. The predicted octanol–water partition coefficient (Wildman–Crippen LogP) is 4.76. The molecule has 34 heavy (non-hydrogen) atoms. The van der Waals surface area contributed by atoms with Crippen LogP contribution in [-0.4, -0.2) is 42.4 Å². The topological polar surface area (TPSA) is 98.1 Å². The zero-order chi connectivity index (χ0) is 23.9. The van der Waals surface area contributed by atoms with Gasteiger partial charge in [-0.05, 0) is 61.4 Å². The van der Waals surface area contributed by atoms with Crippen LogP contribution in [0.2, 0.25) is 5.02 Å². The summed E-state index contributed by atoms with van der Waals surface area (Å²) in [6, 6.07) is 17.1. The monoisotopic (exact) mass is 482 g/mol. The van der Waals surface area contributed by atoms with Gasteiger partial charge in [-0.1, -0.05) is 23.7 Å². The normalized spacial score (nSPS) is 13.9. The first-order valence-corrected chi connectivity index (χ1v) is 11.2. The molecule has 1 fully saturated rings. The first kappa shape index (κ1) is 23.4. The van der Waals surface area contributed by atoms with E-state index in [1.54, 1.807) is 53.4 Å². The lowest BCUT2D eigenvalue weighted by Crippen LogP contribution is -2.40. The third-order valence-corrected chi connectivity index (χ3v) is 5.71. The third-order valence-electron chi connectivity index (χ3n) is 5.40. The summed E-state index contributed by atoms with van der Waals surface area (Å²) in [6.07, 6.45) is 2.39. The number of hydrogen-bond acceptors (Lipinski definition) is 6. The van der Waals surface area contributed by atoms with Crippen molar-refractivity contribution >= 4 is 35.1 Å². The van der Waals surface area contributed by atoms with E-state index in [1.165, 1.54) is 6.26 Å². The summed E-state index contributed by atoms with van der Waals surface area (Å²) in [5, 5.41) is 3.18. The third kappa shape index (κ3) is 5.96. The molecule has 0 aliphatic carbocycles. The Labute approximate surface area is 201 Å².